The first-order chi connectivity index (χ1) is 7.43. The van der Waals surface area contributed by atoms with Crippen LogP contribution in [0.15, 0.2) is 0 Å². The molecule has 0 spiro atoms. The van der Waals surface area contributed by atoms with Crippen LogP contribution in [0.25, 0.3) is 0 Å². The van der Waals surface area contributed by atoms with Crippen molar-refractivity contribution in [3.63, 3.8) is 0 Å². The van der Waals surface area contributed by atoms with Gasteiger partial charge in [0.1, 0.15) is 9.84 Å². The normalized spacial score (nSPS) is 28.9. The lowest BCUT2D eigenvalue weighted by Gasteiger charge is -2.31. The van der Waals surface area contributed by atoms with Crippen LogP contribution in [0.2, 0.25) is 0 Å². The first-order valence-electron chi connectivity index (χ1n) is 6.38. The molecule has 1 aliphatic carbocycles. The molecular weight excluding hydrogens is 222 g/mol. The van der Waals surface area contributed by atoms with Gasteiger partial charge in [-0.2, -0.15) is 0 Å². The molecule has 1 N–H and O–H groups in total. The maximum absolute atomic E-state index is 11.5. The Morgan fingerprint density at radius 1 is 1.38 bits per heavy atom. The van der Waals surface area contributed by atoms with Crippen LogP contribution in [-0.2, 0) is 9.84 Å². The van der Waals surface area contributed by atoms with E-state index in [4.69, 9.17) is 0 Å². The van der Waals surface area contributed by atoms with Gasteiger partial charge in [0.2, 0.25) is 0 Å². The van der Waals surface area contributed by atoms with E-state index >= 15 is 0 Å². The van der Waals surface area contributed by atoms with Crippen LogP contribution >= 0.6 is 0 Å². The molecule has 0 saturated heterocycles. The highest BCUT2D eigenvalue weighted by Crippen LogP contribution is 2.24. The van der Waals surface area contributed by atoms with Gasteiger partial charge < -0.3 is 5.32 Å². The van der Waals surface area contributed by atoms with Gasteiger partial charge in [0.05, 0.1) is 5.25 Å². The predicted octanol–water partition coefficient (Wildman–Crippen LogP) is 2.12. The minimum atomic E-state index is -2.85. The van der Waals surface area contributed by atoms with E-state index in [9.17, 15) is 8.42 Å². The highest BCUT2D eigenvalue weighted by molar-refractivity contribution is 7.91. The lowest BCUT2D eigenvalue weighted by atomic mass is 9.94. The second-order valence-corrected chi connectivity index (χ2v) is 7.50. The van der Waals surface area contributed by atoms with Crippen molar-refractivity contribution in [3.8, 4) is 0 Å². The first-order valence-corrected chi connectivity index (χ1v) is 8.33. The second kappa shape index (κ2) is 6.01. The number of hydrogen-bond acceptors (Lipinski definition) is 3. The van der Waals surface area contributed by atoms with Crippen molar-refractivity contribution in [2.24, 2.45) is 0 Å². The van der Waals surface area contributed by atoms with Gasteiger partial charge in [0.25, 0.3) is 0 Å². The topological polar surface area (TPSA) is 46.2 Å². The smallest absolute Gasteiger partial charge is 0.150 e. The van der Waals surface area contributed by atoms with E-state index < -0.39 is 9.84 Å². The largest absolute Gasteiger partial charge is 0.311 e. The Morgan fingerprint density at radius 3 is 2.62 bits per heavy atom. The van der Waals surface area contributed by atoms with Crippen molar-refractivity contribution in [2.45, 2.75) is 69.7 Å². The summed E-state index contributed by atoms with van der Waals surface area (Å²) in [5.74, 6) is 0. The third kappa shape index (κ3) is 4.42. The highest BCUT2D eigenvalue weighted by Gasteiger charge is 2.29. The molecule has 1 rings (SSSR count). The summed E-state index contributed by atoms with van der Waals surface area (Å²) in [5.41, 5.74) is 0. The van der Waals surface area contributed by atoms with Crippen LogP contribution in [0, 0.1) is 0 Å². The zero-order chi connectivity index (χ0) is 12.2. The SMILES string of the molecule is CCCC(C)NC1CCCC(S(C)(=O)=O)C1. The molecule has 1 aliphatic rings. The van der Waals surface area contributed by atoms with E-state index in [1.165, 1.54) is 19.1 Å². The predicted molar refractivity (Wildman–Crippen MR) is 68.4 cm³/mol. The Labute approximate surface area is 99.9 Å². The Bertz CT molecular complexity index is 300. The summed E-state index contributed by atoms with van der Waals surface area (Å²) in [7, 11) is -2.85. The quantitative estimate of drug-likeness (QED) is 0.809. The molecule has 1 saturated carbocycles. The van der Waals surface area contributed by atoms with E-state index in [0.29, 0.717) is 12.1 Å². The number of rotatable bonds is 5. The lowest BCUT2D eigenvalue weighted by Crippen LogP contribution is -2.42. The Balaban J connectivity index is 2.45. The molecule has 3 nitrogen and oxygen atoms in total. The molecule has 0 amide bonds. The molecule has 1 fully saturated rings. The second-order valence-electron chi connectivity index (χ2n) is 5.17. The lowest BCUT2D eigenvalue weighted by molar-refractivity contribution is 0.335. The van der Waals surface area contributed by atoms with Crippen LogP contribution in [0.3, 0.4) is 0 Å². The molecule has 16 heavy (non-hydrogen) atoms. The molecule has 0 heterocycles. The summed E-state index contributed by atoms with van der Waals surface area (Å²) >= 11 is 0. The van der Waals surface area contributed by atoms with Gasteiger partial charge in [-0.05, 0) is 32.6 Å². The first kappa shape index (κ1) is 14.0. The minimum Gasteiger partial charge on any atom is -0.311 e. The third-order valence-corrected chi connectivity index (χ3v) is 5.11. The zero-order valence-corrected chi connectivity index (χ0v) is 11.5. The van der Waals surface area contributed by atoms with Crippen molar-refractivity contribution in [3.05, 3.63) is 0 Å². The molecule has 3 atom stereocenters. The number of sulfone groups is 1. The minimum absolute atomic E-state index is 0.118. The monoisotopic (exact) mass is 247 g/mol. The average Bonchev–Trinajstić information content (AvgIpc) is 2.17. The van der Waals surface area contributed by atoms with E-state index in [-0.39, 0.29) is 5.25 Å². The summed E-state index contributed by atoms with van der Waals surface area (Å²) in [6.07, 6.45) is 7.52. The van der Waals surface area contributed by atoms with Gasteiger partial charge in [0, 0.05) is 18.3 Å². The molecule has 0 bridgehead atoms. The summed E-state index contributed by atoms with van der Waals surface area (Å²) in [5, 5.41) is 3.44. The summed E-state index contributed by atoms with van der Waals surface area (Å²) in [6, 6.07) is 0.906. The maximum atomic E-state index is 11.5. The van der Waals surface area contributed by atoms with Crippen LogP contribution in [0.1, 0.15) is 52.4 Å². The van der Waals surface area contributed by atoms with Crippen molar-refractivity contribution in [1.82, 2.24) is 5.32 Å². The number of nitrogens with one attached hydrogen (secondary N) is 1. The van der Waals surface area contributed by atoms with Crippen molar-refractivity contribution in [1.29, 1.82) is 0 Å². The van der Waals surface area contributed by atoms with Gasteiger partial charge in [-0.3, -0.25) is 0 Å². The molecule has 4 heteroatoms. The molecule has 0 aromatic carbocycles. The molecule has 3 unspecified atom stereocenters. The van der Waals surface area contributed by atoms with E-state index in [0.717, 1.165) is 25.7 Å². The van der Waals surface area contributed by atoms with Crippen LogP contribution < -0.4 is 5.32 Å². The van der Waals surface area contributed by atoms with Crippen molar-refractivity contribution >= 4 is 9.84 Å². The van der Waals surface area contributed by atoms with E-state index in [1.807, 2.05) is 0 Å². The Hall–Kier alpha value is -0.0900. The molecule has 0 radical (unpaired) electrons. The van der Waals surface area contributed by atoms with Gasteiger partial charge >= 0.3 is 0 Å². The van der Waals surface area contributed by atoms with Gasteiger partial charge in [0.15, 0.2) is 0 Å². The fourth-order valence-electron chi connectivity index (χ4n) is 2.60. The fraction of sp³-hybridized carbons (Fsp3) is 1.00. The van der Waals surface area contributed by atoms with E-state index in [2.05, 4.69) is 19.2 Å². The zero-order valence-electron chi connectivity index (χ0n) is 10.7. The van der Waals surface area contributed by atoms with E-state index in [1.54, 1.807) is 0 Å². The summed E-state index contributed by atoms with van der Waals surface area (Å²) in [6.45, 7) is 4.37. The molecule has 0 aromatic heterocycles. The highest BCUT2D eigenvalue weighted by atomic mass is 32.2. The van der Waals surface area contributed by atoms with Crippen LogP contribution in [0.5, 0.6) is 0 Å². The average molecular weight is 247 g/mol. The van der Waals surface area contributed by atoms with Crippen LogP contribution in [0.4, 0.5) is 0 Å². The molecule has 96 valence electrons. The standard InChI is InChI=1S/C12H25NO2S/c1-4-6-10(2)13-11-7-5-8-12(9-11)16(3,14)15/h10-13H,4-9H2,1-3H3. The van der Waals surface area contributed by atoms with Gasteiger partial charge in [-0.15, -0.1) is 0 Å². The fourth-order valence-corrected chi connectivity index (χ4v) is 3.78. The summed E-state index contributed by atoms with van der Waals surface area (Å²) in [4.78, 5) is 0. The summed E-state index contributed by atoms with van der Waals surface area (Å²) < 4.78 is 23.0. The Kier molecular flexibility index (Phi) is 5.25. The molecule has 0 aliphatic heterocycles. The van der Waals surface area contributed by atoms with Crippen LogP contribution in [-0.4, -0.2) is 32.0 Å². The van der Waals surface area contributed by atoms with Crippen molar-refractivity contribution in [2.75, 3.05) is 6.26 Å². The maximum Gasteiger partial charge on any atom is 0.150 e. The molecular formula is C12H25NO2S. The molecule has 0 aromatic rings. The Morgan fingerprint density at radius 2 is 2.06 bits per heavy atom. The van der Waals surface area contributed by atoms with Crippen molar-refractivity contribution < 1.29 is 8.42 Å². The van der Waals surface area contributed by atoms with Gasteiger partial charge in [-0.1, -0.05) is 19.8 Å². The third-order valence-electron chi connectivity index (χ3n) is 3.47. The number of hydrogen-bond donors (Lipinski definition) is 1. The van der Waals surface area contributed by atoms with Gasteiger partial charge in [-0.25, -0.2) is 8.42 Å².